The summed E-state index contributed by atoms with van der Waals surface area (Å²) in [7, 11) is 0. The maximum absolute atomic E-state index is 2.34. The predicted molar refractivity (Wildman–Crippen MR) is 126 cm³/mol. The summed E-state index contributed by atoms with van der Waals surface area (Å²) in [6.07, 6.45) is 25.8. The van der Waals surface area contributed by atoms with Crippen LogP contribution in [0, 0.1) is 0 Å². The van der Waals surface area contributed by atoms with E-state index in [-0.39, 0.29) is 12.4 Å². The molecule has 0 aromatic carbocycles. The van der Waals surface area contributed by atoms with Gasteiger partial charge >= 0.3 is 0 Å². The fourth-order valence-corrected chi connectivity index (χ4v) is 4.52. The first-order chi connectivity index (χ1) is 13.2. The number of nitrogens with zero attached hydrogens (tertiary/aromatic N) is 1. The van der Waals surface area contributed by atoms with Crippen molar-refractivity contribution in [3.63, 3.8) is 0 Å². The summed E-state index contributed by atoms with van der Waals surface area (Å²) >= 11 is 0. The standard InChI is InChI=1S/C26H56N.ClH/c1-5-9-13-17-21-25-27(23-19-15-11-7-3,24-20-16-12-8-4)26-22-18-14-10-6-2;/h5-26H2,1-4H3;1H/q+1;/p-1. The lowest BCUT2D eigenvalue weighted by atomic mass is 10.1. The van der Waals surface area contributed by atoms with Gasteiger partial charge in [0.1, 0.15) is 0 Å². The van der Waals surface area contributed by atoms with Crippen LogP contribution in [0.2, 0.25) is 0 Å². The van der Waals surface area contributed by atoms with E-state index in [1.165, 1.54) is 146 Å². The van der Waals surface area contributed by atoms with E-state index in [1.807, 2.05) is 0 Å². The Hall–Kier alpha value is 0.250. The van der Waals surface area contributed by atoms with Crippen LogP contribution in [0.15, 0.2) is 0 Å². The van der Waals surface area contributed by atoms with E-state index in [4.69, 9.17) is 0 Å². The van der Waals surface area contributed by atoms with Gasteiger partial charge in [-0.15, -0.1) is 0 Å². The van der Waals surface area contributed by atoms with Gasteiger partial charge in [0.25, 0.3) is 0 Å². The fraction of sp³-hybridized carbons (Fsp3) is 1.00. The highest BCUT2D eigenvalue weighted by Crippen LogP contribution is 2.19. The van der Waals surface area contributed by atoms with Gasteiger partial charge in [-0.25, -0.2) is 0 Å². The van der Waals surface area contributed by atoms with E-state index in [0.717, 1.165) is 0 Å². The number of unbranched alkanes of at least 4 members (excludes halogenated alkanes) is 14. The maximum Gasteiger partial charge on any atom is 0.0786 e. The molecule has 0 fully saturated rings. The van der Waals surface area contributed by atoms with Gasteiger partial charge in [-0.3, -0.25) is 0 Å². The second-order valence-corrected chi connectivity index (χ2v) is 9.19. The molecular weight excluding hydrogens is 362 g/mol. The van der Waals surface area contributed by atoms with Crippen molar-refractivity contribution in [1.29, 1.82) is 0 Å². The van der Waals surface area contributed by atoms with Gasteiger partial charge in [0, 0.05) is 0 Å². The molecule has 0 saturated carbocycles. The minimum absolute atomic E-state index is 0. The zero-order valence-electron chi connectivity index (χ0n) is 20.4. The van der Waals surface area contributed by atoms with E-state index in [1.54, 1.807) is 0 Å². The first kappa shape index (κ1) is 30.4. The van der Waals surface area contributed by atoms with Crippen molar-refractivity contribution in [2.24, 2.45) is 0 Å². The Balaban J connectivity index is 0. The number of hydrogen-bond acceptors (Lipinski definition) is 0. The minimum Gasteiger partial charge on any atom is -1.00 e. The molecule has 0 spiro atoms. The van der Waals surface area contributed by atoms with Gasteiger partial charge in [0.15, 0.2) is 0 Å². The second kappa shape index (κ2) is 23.5. The fourth-order valence-electron chi connectivity index (χ4n) is 4.52. The molecular formula is C26H56ClN. The van der Waals surface area contributed by atoms with Crippen molar-refractivity contribution in [1.82, 2.24) is 0 Å². The summed E-state index contributed by atoms with van der Waals surface area (Å²) in [6, 6.07) is 0. The van der Waals surface area contributed by atoms with Gasteiger partial charge in [0.2, 0.25) is 0 Å². The van der Waals surface area contributed by atoms with Crippen molar-refractivity contribution >= 4 is 0 Å². The molecule has 0 aliphatic carbocycles. The molecule has 0 N–H and O–H groups in total. The average Bonchev–Trinajstić information content (AvgIpc) is 2.68. The third-order valence-electron chi connectivity index (χ3n) is 6.44. The lowest BCUT2D eigenvalue weighted by Crippen LogP contribution is -3.00. The van der Waals surface area contributed by atoms with Crippen LogP contribution in [0.1, 0.15) is 143 Å². The maximum atomic E-state index is 2.34. The molecule has 0 unspecified atom stereocenters. The number of quaternary nitrogens is 1. The van der Waals surface area contributed by atoms with Crippen LogP contribution < -0.4 is 12.4 Å². The quantitative estimate of drug-likeness (QED) is 0.152. The minimum atomic E-state index is 0. The molecule has 0 saturated heterocycles. The zero-order chi connectivity index (χ0) is 20.1. The Labute approximate surface area is 186 Å². The summed E-state index contributed by atoms with van der Waals surface area (Å²) in [5, 5.41) is 0. The number of hydrogen-bond donors (Lipinski definition) is 0. The molecule has 0 rings (SSSR count). The SMILES string of the molecule is CCCCCCC[N+](CCCCCC)(CCCCCC)CCCCCCC.[Cl-]. The van der Waals surface area contributed by atoms with Gasteiger partial charge in [0.05, 0.1) is 26.2 Å². The smallest absolute Gasteiger partial charge is 0.0786 e. The lowest BCUT2D eigenvalue weighted by molar-refractivity contribution is -0.929. The molecule has 0 aromatic heterocycles. The highest BCUT2D eigenvalue weighted by molar-refractivity contribution is 4.53. The first-order valence-electron chi connectivity index (χ1n) is 13.1. The Morgan fingerprint density at radius 3 is 0.786 bits per heavy atom. The molecule has 0 heterocycles. The molecule has 0 amide bonds. The molecule has 0 aromatic rings. The van der Waals surface area contributed by atoms with Gasteiger partial charge < -0.3 is 16.9 Å². The Morgan fingerprint density at radius 1 is 0.321 bits per heavy atom. The molecule has 0 atom stereocenters. The van der Waals surface area contributed by atoms with Crippen molar-refractivity contribution in [3.8, 4) is 0 Å². The summed E-state index contributed by atoms with van der Waals surface area (Å²) in [5.41, 5.74) is 0. The number of halogens is 1. The summed E-state index contributed by atoms with van der Waals surface area (Å²) in [6.45, 7) is 15.2. The third kappa shape index (κ3) is 18.3. The van der Waals surface area contributed by atoms with E-state index in [0.29, 0.717) is 0 Å². The molecule has 172 valence electrons. The van der Waals surface area contributed by atoms with Crippen molar-refractivity contribution in [2.75, 3.05) is 26.2 Å². The van der Waals surface area contributed by atoms with Gasteiger partial charge in [-0.05, 0) is 51.4 Å². The Kier molecular flexibility index (Phi) is 25.6. The Morgan fingerprint density at radius 2 is 0.536 bits per heavy atom. The molecule has 28 heavy (non-hydrogen) atoms. The Bertz CT molecular complexity index is 252. The molecule has 0 aliphatic heterocycles. The van der Waals surface area contributed by atoms with Crippen molar-refractivity contribution < 1.29 is 16.9 Å². The monoisotopic (exact) mass is 417 g/mol. The van der Waals surface area contributed by atoms with Gasteiger partial charge in [-0.1, -0.05) is 91.9 Å². The van der Waals surface area contributed by atoms with E-state index in [2.05, 4.69) is 27.7 Å². The topological polar surface area (TPSA) is 0 Å². The van der Waals surface area contributed by atoms with Crippen LogP contribution in [0.3, 0.4) is 0 Å². The van der Waals surface area contributed by atoms with Crippen molar-refractivity contribution in [3.05, 3.63) is 0 Å². The summed E-state index contributed by atoms with van der Waals surface area (Å²) < 4.78 is 1.46. The molecule has 0 bridgehead atoms. The molecule has 0 radical (unpaired) electrons. The molecule has 1 nitrogen and oxygen atoms in total. The van der Waals surface area contributed by atoms with Crippen LogP contribution in [-0.2, 0) is 0 Å². The van der Waals surface area contributed by atoms with Crippen LogP contribution in [0.25, 0.3) is 0 Å². The molecule has 2 heteroatoms. The highest BCUT2D eigenvalue weighted by Gasteiger charge is 2.25. The summed E-state index contributed by atoms with van der Waals surface area (Å²) in [4.78, 5) is 0. The first-order valence-corrected chi connectivity index (χ1v) is 13.1. The van der Waals surface area contributed by atoms with Crippen LogP contribution in [0.5, 0.6) is 0 Å². The van der Waals surface area contributed by atoms with Crippen LogP contribution in [-0.4, -0.2) is 30.7 Å². The third-order valence-corrected chi connectivity index (χ3v) is 6.44. The van der Waals surface area contributed by atoms with E-state index in [9.17, 15) is 0 Å². The van der Waals surface area contributed by atoms with E-state index >= 15 is 0 Å². The van der Waals surface area contributed by atoms with Crippen LogP contribution >= 0.6 is 0 Å². The highest BCUT2D eigenvalue weighted by atomic mass is 35.5. The molecule has 0 aliphatic rings. The van der Waals surface area contributed by atoms with Crippen molar-refractivity contribution in [2.45, 2.75) is 143 Å². The van der Waals surface area contributed by atoms with Crippen LogP contribution in [0.4, 0.5) is 0 Å². The van der Waals surface area contributed by atoms with Gasteiger partial charge in [-0.2, -0.15) is 0 Å². The largest absolute Gasteiger partial charge is 1.00 e. The normalized spacial score (nSPS) is 11.6. The zero-order valence-corrected chi connectivity index (χ0v) is 21.1. The van der Waals surface area contributed by atoms with E-state index < -0.39 is 0 Å². The lowest BCUT2D eigenvalue weighted by Gasteiger charge is -2.39. The summed E-state index contributed by atoms with van der Waals surface area (Å²) in [5.74, 6) is 0. The predicted octanol–water partition coefficient (Wildman–Crippen LogP) is 5.91. The number of rotatable bonds is 22. The second-order valence-electron chi connectivity index (χ2n) is 9.19. The average molecular weight is 418 g/mol.